The summed E-state index contributed by atoms with van der Waals surface area (Å²) in [6.07, 6.45) is 11.7. The fourth-order valence-electron chi connectivity index (χ4n) is 6.84. The molecule has 0 amide bonds. The van der Waals surface area contributed by atoms with Crippen LogP contribution in [-0.2, 0) is 17.3 Å². The van der Waals surface area contributed by atoms with Gasteiger partial charge >= 0.3 is 0 Å². The van der Waals surface area contributed by atoms with E-state index >= 15 is 0 Å². The largest absolute Gasteiger partial charge is 0.374 e. The van der Waals surface area contributed by atoms with Crippen LogP contribution >= 0.6 is 11.6 Å². The van der Waals surface area contributed by atoms with Gasteiger partial charge in [-0.1, -0.05) is 94.8 Å². The molecule has 5 rings (SSSR count). The van der Waals surface area contributed by atoms with Gasteiger partial charge in [-0.05, 0) is 78.7 Å². The molecule has 3 N–H and O–H groups in total. The number of anilines is 2. The third-order valence-electron chi connectivity index (χ3n) is 8.93. The molecule has 0 aromatic heterocycles. The first-order chi connectivity index (χ1) is 20.5. The van der Waals surface area contributed by atoms with Crippen LogP contribution in [0, 0.1) is 10.2 Å². The van der Waals surface area contributed by atoms with Gasteiger partial charge in [0.1, 0.15) is 6.23 Å². The average molecular weight is 646 g/mol. The number of aliphatic hydroxyl groups is 1. The molecule has 2 unspecified atom stereocenters. The van der Waals surface area contributed by atoms with Crippen LogP contribution in [0.25, 0.3) is 0 Å². The Morgan fingerprint density at radius 1 is 1.02 bits per heavy atom. The summed E-state index contributed by atoms with van der Waals surface area (Å²) in [7, 11) is -4.69. The molecule has 2 aromatic rings. The molecule has 238 valence electrons. The van der Waals surface area contributed by atoms with Gasteiger partial charge in [-0.3, -0.25) is 5.21 Å². The van der Waals surface area contributed by atoms with Crippen LogP contribution in [0.2, 0.25) is 0 Å². The molecule has 0 saturated heterocycles. The molecular formula is C34H42Cl2N2O6. The molecule has 0 spiro atoms. The summed E-state index contributed by atoms with van der Waals surface area (Å²) in [5, 5.41) is 23.9. The van der Waals surface area contributed by atoms with E-state index in [9.17, 15) is 10.3 Å². The number of hydrogen-bond donors (Lipinski definition) is 3. The Balaban J connectivity index is 0.000000818. The first kappa shape index (κ1) is 34.2. The summed E-state index contributed by atoms with van der Waals surface area (Å²) < 4.78 is 32.7. The van der Waals surface area contributed by atoms with E-state index in [4.69, 9.17) is 30.2 Å². The molecule has 3 aliphatic rings. The number of benzene rings is 2. The third kappa shape index (κ3) is 6.78. The molecule has 2 atom stereocenters. The van der Waals surface area contributed by atoms with Crippen molar-refractivity contribution in [1.82, 2.24) is 0 Å². The van der Waals surface area contributed by atoms with Crippen molar-refractivity contribution >= 4 is 23.0 Å². The molecule has 8 nitrogen and oxygen atoms in total. The monoisotopic (exact) mass is 644 g/mol. The predicted octanol–water partition coefficient (Wildman–Crippen LogP) is 4.16. The minimum atomic E-state index is -4.69. The van der Waals surface area contributed by atoms with Crippen molar-refractivity contribution in [3.8, 4) is 0 Å². The number of halogens is 2. The Bertz CT molecular complexity index is 1500. The lowest BCUT2D eigenvalue weighted by molar-refractivity contribution is -1.92. The lowest BCUT2D eigenvalue weighted by Crippen LogP contribution is -2.58. The van der Waals surface area contributed by atoms with Crippen LogP contribution in [-0.4, -0.2) is 27.2 Å². The SMILES string of the molecule is CCc1cccc2c1C(C)(C)C(=CC=C1CCCC(C=CC3N(C(C)O)c4ccccc4C3(C)C)=C1Cl)N2O.[O-][Cl+3]([O-])([O-])O. The molecule has 0 saturated carbocycles. The van der Waals surface area contributed by atoms with Crippen molar-refractivity contribution in [1.29, 1.82) is 0 Å². The summed E-state index contributed by atoms with van der Waals surface area (Å²) in [5.74, 6) is 0. The first-order valence-electron chi connectivity index (χ1n) is 14.8. The van der Waals surface area contributed by atoms with E-state index in [2.05, 4.69) is 82.0 Å². The Labute approximate surface area is 267 Å². The first-order valence-corrected chi connectivity index (χ1v) is 16.4. The van der Waals surface area contributed by atoms with E-state index in [0.717, 1.165) is 58.9 Å². The Kier molecular flexibility index (Phi) is 10.1. The zero-order valence-electron chi connectivity index (χ0n) is 26.1. The molecule has 0 radical (unpaired) electrons. The fraction of sp³-hybridized carbons (Fsp3) is 0.412. The Morgan fingerprint density at radius 2 is 1.66 bits per heavy atom. The standard InChI is InChI=1S/C34H41ClN2O2.ClHO4/c1-7-23-12-11-17-28-31(23)34(5,6)30(37(28)39)21-19-25-14-10-13-24(32(25)35)18-20-29-33(3,4)26-15-8-9-16-27(26)36(29)22(2)38;2-1(3,4)5/h8-9,11-12,15-22,29,38-39H,7,10,13-14H2,1-6H3;(H,2,3,4,5). The number of aryl methyl sites for hydroxylation is 1. The highest BCUT2D eigenvalue weighted by atomic mass is 35.7. The number of fused-ring (bicyclic) bond motifs is 2. The minimum absolute atomic E-state index is 0.0110. The summed E-state index contributed by atoms with van der Waals surface area (Å²) in [6.45, 7) is 12.8. The number of aliphatic hydroxyl groups excluding tert-OH is 1. The molecule has 2 heterocycles. The maximum atomic E-state index is 11.1. The Hall–Kier alpha value is -2.66. The lowest BCUT2D eigenvalue weighted by atomic mass is 9.80. The number of hydroxylamine groups is 1. The zero-order valence-corrected chi connectivity index (χ0v) is 27.6. The van der Waals surface area contributed by atoms with E-state index in [1.54, 1.807) is 0 Å². The van der Waals surface area contributed by atoms with E-state index in [-0.39, 0.29) is 16.9 Å². The van der Waals surface area contributed by atoms with Crippen LogP contribution in [0.4, 0.5) is 11.4 Å². The molecular weight excluding hydrogens is 603 g/mol. The molecule has 1 aliphatic carbocycles. The van der Waals surface area contributed by atoms with Crippen molar-refractivity contribution in [3.63, 3.8) is 0 Å². The average Bonchev–Trinajstić information content (AvgIpc) is 3.29. The van der Waals surface area contributed by atoms with Gasteiger partial charge in [0.25, 0.3) is 0 Å². The van der Waals surface area contributed by atoms with E-state index in [0.29, 0.717) is 0 Å². The van der Waals surface area contributed by atoms with Gasteiger partial charge in [-0.2, -0.15) is 14.0 Å². The van der Waals surface area contributed by atoms with Crippen LogP contribution in [0.15, 0.2) is 88.6 Å². The third-order valence-corrected chi connectivity index (χ3v) is 9.41. The highest BCUT2D eigenvalue weighted by Gasteiger charge is 2.44. The normalized spacial score (nSPS) is 23.2. The maximum absolute atomic E-state index is 11.1. The molecule has 44 heavy (non-hydrogen) atoms. The van der Waals surface area contributed by atoms with Crippen LogP contribution in [0.1, 0.15) is 77.5 Å². The number of hydrogen-bond acceptors (Lipinski definition) is 8. The minimum Gasteiger partial charge on any atom is -0.374 e. The van der Waals surface area contributed by atoms with E-state index in [1.807, 2.05) is 31.2 Å². The molecule has 2 aromatic carbocycles. The van der Waals surface area contributed by atoms with Gasteiger partial charge in [-0.25, -0.2) is 5.06 Å². The van der Waals surface area contributed by atoms with Crippen LogP contribution in [0.5, 0.6) is 0 Å². The maximum Gasteiger partial charge on any atom is 0.124 e. The molecule has 10 heteroatoms. The fourth-order valence-corrected chi connectivity index (χ4v) is 7.16. The van der Waals surface area contributed by atoms with Crippen LogP contribution < -0.4 is 23.9 Å². The molecule has 2 aliphatic heterocycles. The topological polar surface area (TPSA) is 136 Å². The van der Waals surface area contributed by atoms with Gasteiger partial charge in [0.2, 0.25) is 0 Å². The number of allylic oxidation sites excluding steroid dienone is 7. The van der Waals surface area contributed by atoms with E-state index in [1.165, 1.54) is 21.8 Å². The van der Waals surface area contributed by atoms with Crippen molar-refractivity contribution < 1.29 is 39.2 Å². The second-order valence-corrected chi connectivity index (χ2v) is 13.7. The number of rotatable bonds is 5. The summed E-state index contributed by atoms with van der Waals surface area (Å²) >= 11 is 7.01. The lowest BCUT2D eigenvalue weighted by Gasteiger charge is -2.34. The predicted molar refractivity (Wildman–Crippen MR) is 165 cm³/mol. The van der Waals surface area contributed by atoms with Gasteiger partial charge in [-0.15, -0.1) is 0 Å². The summed E-state index contributed by atoms with van der Waals surface area (Å²) in [5.41, 5.74) is 8.25. The van der Waals surface area contributed by atoms with Gasteiger partial charge in [0, 0.05) is 21.5 Å². The van der Waals surface area contributed by atoms with Crippen LogP contribution in [0.3, 0.4) is 0 Å². The van der Waals surface area contributed by atoms with Crippen molar-refractivity contribution in [2.75, 3.05) is 9.96 Å². The van der Waals surface area contributed by atoms with Gasteiger partial charge in [0.15, 0.2) is 0 Å². The van der Waals surface area contributed by atoms with Crippen molar-refractivity contribution in [2.45, 2.75) is 90.3 Å². The highest BCUT2D eigenvalue weighted by molar-refractivity contribution is 6.32. The Morgan fingerprint density at radius 3 is 2.30 bits per heavy atom. The molecule has 0 bridgehead atoms. The number of nitrogens with zero attached hydrogens (tertiary/aromatic N) is 2. The number of para-hydroxylation sites is 1. The van der Waals surface area contributed by atoms with E-state index < -0.39 is 16.5 Å². The second kappa shape index (κ2) is 13.0. The van der Waals surface area contributed by atoms with Gasteiger partial charge in [0.05, 0.1) is 32.3 Å². The van der Waals surface area contributed by atoms with Gasteiger partial charge < -0.3 is 10.0 Å². The second-order valence-electron chi connectivity index (χ2n) is 12.5. The zero-order chi connectivity index (χ0) is 32.6. The summed E-state index contributed by atoms with van der Waals surface area (Å²) in [4.78, 5) is 2.10. The summed E-state index contributed by atoms with van der Waals surface area (Å²) in [6, 6.07) is 14.5. The molecule has 0 fully saturated rings. The smallest absolute Gasteiger partial charge is 0.124 e. The highest BCUT2D eigenvalue weighted by Crippen LogP contribution is 2.49. The quantitative estimate of drug-likeness (QED) is 0.441. The van der Waals surface area contributed by atoms with Crippen molar-refractivity contribution in [3.05, 3.63) is 105 Å². The van der Waals surface area contributed by atoms with Crippen molar-refractivity contribution in [2.24, 2.45) is 0 Å².